The van der Waals surface area contributed by atoms with Crippen LogP contribution in [0.15, 0.2) is 47.4 Å². The summed E-state index contributed by atoms with van der Waals surface area (Å²) >= 11 is 0. The number of sulfonamides is 1. The predicted molar refractivity (Wildman–Crippen MR) is 120 cm³/mol. The van der Waals surface area contributed by atoms with Gasteiger partial charge in [0.15, 0.2) is 0 Å². The average molecular weight is 479 g/mol. The third-order valence-electron chi connectivity index (χ3n) is 5.56. The fourth-order valence-corrected chi connectivity index (χ4v) is 5.21. The number of hydrogen-bond donors (Lipinski definition) is 0. The summed E-state index contributed by atoms with van der Waals surface area (Å²) in [6.07, 6.45) is -0.0292. The molecule has 178 valence electrons. The number of benzene rings is 2. The maximum atomic E-state index is 13.5. The summed E-state index contributed by atoms with van der Waals surface area (Å²) in [4.78, 5) is 26.6. The summed E-state index contributed by atoms with van der Waals surface area (Å²) in [5, 5.41) is 0. The molecule has 1 heterocycles. The van der Waals surface area contributed by atoms with Crippen molar-refractivity contribution in [3.05, 3.63) is 53.8 Å². The van der Waals surface area contributed by atoms with Crippen LogP contribution in [0.2, 0.25) is 0 Å². The van der Waals surface area contributed by atoms with E-state index in [4.69, 9.17) is 9.47 Å². The molecule has 2 aromatic rings. The van der Waals surface area contributed by atoms with Crippen LogP contribution in [0.25, 0.3) is 0 Å². The summed E-state index contributed by atoms with van der Waals surface area (Å²) in [7, 11) is -2.17. The van der Waals surface area contributed by atoms with Gasteiger partial charge in [0.25, 0.3) is 0 Å². The topological polar surface area (TPSA) is 93.2 Å². The van der Waals surface area contributed by atoms with Gasteiger partial charge in [0, 0.05) is 37.3 Å². The molecule has 0 spiro atoms. The van der Waals surface area contributed by atoms with Crippen molar-refractivity contribution >= 4 is 27.6 Å². The zero-order valence-electron chi connectivity index (χ0n) is 18.8. The van der Waals surface area contributed by atoms with Gasteiger partial charge in [0.05, 0.1) is 17.9 Å². The highest BCUT2D eigenvalue weighted by Crippen LogP contribution is 2.28. The largest absolute Gasteiger partial charge is 0.496 e. The van der Waals surface area contributed by atoms with E-state index in [1.165, 1.54) is 46.6 Å². The third-order valence-corrected chi connectivity index (χ3v) is 7.63. The molecule has 1 aliphatic rings. The monoisotopic (exact) mass is 478 g/mol. The van der Waals surface area contributed by atoms with Crippen molar-refractivity contribution in [2.24, 2.45) is 5.92 Å². The van der Waals surface area contributed by atoms with E-state index in [2.05, 4.69) is 0 Å². The lowest BCUT2D eigenvalue weighted by Gasteiger charge is -2.20. The molecule has 1 unspecified atom stereocenters. The van der Waals surface area contributed by atoms with E-state index in [1.54, 1.807) is 26.0 Å². The molecule has 0 saturated carbocycles. The highest BCUT2D eigenvalue weighted by atomic mass is 32.2. The fourth-order valence-electron chi connectivity index (χ4n) is 3.75. The number of carbonyl (C=O) groups excluding carboxylic acids is 2. The first-order valence-electron chi connectivity index (χ1n) is 10.6. The van der Waals surface area contributed by atoms with Crippen molar-refractivity contribution in [3.63, 3.8) is 0 Å². The summed E-state index contributed by atoms with van der Waals surface area (Å²) in [6, 6.07) is 9.95. The molecule has 3 rings (SSSR count). The second kappa shape index (κ2) is 10.3. The second-order valence-electron chi connectivity index (χ2n) is 7.55. The first-order chi connectivity index (χ1) is 15.7. The summed E-state index contributed by atoms with van der Waals surface area (Å²) in [5.41, 5.74) is 0.887. The highest BCUT2D eigenvalue weighted by Gasteiger charge is 2.36. The molecule has 0 bridgehead atoms. The standard InChI is InChI=1S/C23H27FN2O6S/c1-4-25(5-2)33(29,30)20-9-7-19(8-10-20)26-14-16(13-22(26)27)23(28)32-15-17-12-18(24)6-11-21(17)31-3/h6-12,16H,4-5,13-15H2,1-3H3. The van der Waals surface area contributed by atoms with Gasteiger partial charge in [-0.3, -0.25) is 9.59 Å². The minimum absolute atomic E-state index is 0.0292. The van der Waals surface area contributed by atoms with Crippen molar-refractivity contribution in [2.45, 2.75) is 31.8 Å². The molecule has 1 saturated heterocycles. The Morgan fingerprint density at radius 2 is 1.82 bits per heavy atom. The first-order valence-corrected chi connectivity index (χ1v) is 12.0. The SMILES string of the molecule is CCN(CC)S(=O)(=O)c1ccc(N2CC(C(=O)OCc3cc(F)ccc3OC)CC2=O)cc1. The average Bonchev–Trinajstić information content (AvgIpc) is 3.20. The van der Waals surface area contributed by atoms with Crippen LogP contribution in [0.4, 0.5) is 10.1 Å². The molecule has 1 amide bonds. The quantitative estimate of drug-likeness (QED) is 0.515. The van der Waals surface area contributed by atoms with Crippen molar-refractivity contribution < 1.29 is 31.9 Å². The number of ether oxygens (including phenoxy) is 2. The lowest BCUT2D eigenvalue weighted by molar-refractivity contribution is -0.149. The van der Waals surface area contributed by atoms with Crippen LogP contribution in [0.3, 0.4) is 0 Å². The van der Waals surface area contributed by atoms with Crippen LogP contribution in [0.5, 0.6) is 5.75 Å². The number of esters is 1. The van der Waals surface area contributed by atoms with Gasteiger partial charge in [-0.15, -0.1) is 0 Å². The lowest BCUT2D eigenvalue weighted by Crippen LogP contribution is -2.30. The fraction of sp³-hybridized carbons (Fsp3) is 0.391. The van der Waals surface area contributed by atoms with Crippen LogP contribution >= 0.6 is 0 Å². The van der Waals surface area contributed by atoms with Crippen LogP contribution in [-0.2, 0) is 31.0 Å². The maximum Gasteiger partial charge on any atom is 0.311 e. The third kappa shape index (κ3) is 5.33. The molecule has 33 heavy (non-hydrogen) atoms. The molecular formula is C23H27FN2O6S. The molecule has 0 N–H and O–H groups in total. The van der Waals surface area contributed by atoms with Crippen LogP contribution in [0.1, 0.15) is 25.8 Å². The summed E-state index contributed by atoms with van der Waals surface area (Å²) < 4.78 is 50.6. The van der Waals surface area contributed by atoms with Crippen LogP contribution < -0.4 is 9.64 Å². The number of nitrogens with zero attached hydrogens (tertiary/aromatic N) is 2. The van der Waals surface area contributed by atoms with E-state index in [-0.39, 0.29) is 30.4 Å². The number of rotatable bonds is 9. The van der Waals surface area contributed by atoms with Gasteiger partial charge in [-0.1, -0.05) is 13.8 Å². The minimum Gasteiger partial charge on any atom is -0.496 e. The number of anilines is 1. The second-order valence-corrected chi connectivity index (χ2v) is 9.49. The van der Waals surface area contributed by atoms with Gasteiger partial charge >= 0.3 is 5.97 Å². The van der Waals surface area contributed by atoms with Gasteiger partial charge in [-0.25, -0.2) is 12.8 Å². The van der Waals surface area contributed by atoms with Crippen molar-refractivity contribution in [1.82, 2.24) is 4.31 Å². The molecule has 10 heteroatoms. The van der Waals surface area contributed by atoms with Crippen molar-refractivity contribution in [2.75, 3.05) is 31.6 Å². The van der Waals surface area contributed by atoms with E-state index in [1.807, 2.05) is 0 Å². The number of hydrogen-bond acceptors (Lipinski definition) is 6. The van der Waals surface area contributed by atoms with Gasteiger partial charge in [0.1, 0.15) is 18.2 Å². The van der Waals surface area contributed by atoms with Crippen LogP contribution in [0, 0.1) is 11.7 Å². The minimum atomic E-state index is -3.60. The Kier molecular flexibility index (Phi) is 7.70. The first kappa shape index (κ1) is 24.7. The normalized spacial score (nSPS) is 16.3. The highest BCUT2D eigenvalue weighted by molar-refractivity contribution is 7.89. The Balaban J connectivity index is 1.66. The molecule has 2 aromatic carbocycles. The molecule has 0 radical (unpaired) electrons. The molecular weight excluding hydrogens is 451 g/mol. The predicted octanol–water partition coefficient (Wildman–Crippen LogP) is 2.96. The molecule has 8 nitrogen and oxygen atoms in total. The lowest BCUT2D eigenvalue weighted by atomic mass is 10.1. The Bertz CT molecular complexity index is 1120. The zero-order valence-corrected chi connectivity index (χ0v) is 19.6. The molecule has 1 atom stereocenters. The maximum absolute atomic E-state index is 13.5. The van der Waals surface area contributed by atoms with E-state index in [9.17, 15) is 22.4 Å². The Morgan fingerprint density at radius 1 is 1.15 bits per heavy atom. The number of halogens is 1. The number of methoxy groups -OCH3 is 1. The molecule has 1 fully saturated rings. The van der Waals surface area contributed by atoms with E-state index >= 15 is 0 Å². The van der Waals surface area contributed by atoms with Gasteiger partial charge in [0.2, 0.25) is 15.9 Å². The van der Waals surface area contributed by atoms with E-state index in [0.717, 1.165) is 0 Å². The Morgan fingerprint density at radius 3 is 2.42 bits per heavy atom. The van der Waals surface area contributed by atoms with E-state index in [0.29, 0.717) is 30.1 Å². The summed E-state index contributed by atoms with van der Waals surface area (Å²) in [5.74, 6) is -1.60. The number of carbonyl (C=O) groups is 2. The van der Waals surface area contributed by atoms with E-state index < -0.39 is 27.7 Å². The van der Waals surface area contributed by atoms with Gasteiger partial charge < -0.3 is 14.4 Å². The van der Waals surface area contributed by atoms with Crippen molar-refractivity contribution in [3.8, 4) is 5.75 Å². The smallest absolute Gasteiger partial charge is 0.311 e. The molecule has 0 aliphatic carbocycles. The molecule has 1 aliphatic heterocycles. The molecule has 0 aromatic heterocycles. The zero-order chi connectivity index (χ0) is 24.2. The summed E-state index contributed by atoms with van der Waals surface area (Å²) in [6.45, 7) is 4.18. The van der Waals surface area contributed by atoms with Crippen molar-refractivity contribution in [1.29, 1.82) is 0 Å². The number of amides is 1. The Labute approximate surface area is 192 Å². The van der Waals surface area contributed by atoms with Gasteiger partial charge in [-0.05, 0) is 42.5 Å². The van der Waals surface area contributed by atoms with Crippen LogP contribution in [-0.4, -0.2) is 51.3 Å². The van der Waals surface area contributed by atoms with Gasteiger partial charge in [-0.2, -0.15) is 4.31 Å². The Hall–Kier alpha value is -2.98.